The fourth-order valence-corrected chi connectivity index (χ4v) is 2.02. The standard InChI is InChI=1S/C15H15NO3/c1-2-8-16-10-12(15(18)19)14(17)9-13(16)11-6-4-3-5-7-11/h3-7,9-10H,2,8H2,1H3,(H,18,19). The Labute approximate surface area is 110 Å². The zero-order valence-corrected chi connectivity index (χ0v) is 10.7. The molecule has 4 heteroatoms. The summed E-state index contributed by atoms with van der Waals surface area (Å²) >= 11 is 0. The van der Waals surface area contributed by atoms with Crippen LogP contribution in [0.2, 0.25) is 0 Å². The normalized spacial score (nSPS) is 10.4. The number of aryl methyl sites for hydroxylation is 1. The SMILES string of the molecule is CCCn1cc(C(=O)O)c(=O)cc1-c1ccccc1. The maximum Gasteiger partial charge on any atom is 0.341 e. The molecule has 4 nitrogen and oxygen atoms in total. The Balaban J connectivity index is 2.63. The predicted octanol–water partition coefficient (Wildman–Crippen LogP) is 2.62. The maximum absolute atomic E-state index is 11.8. The highest BCUT2D eigenvalue weighted by molar-refractivity contribution is 5.87. The number of benzene rings is 1. The van der Waals surface area contributed by atoms with Gasteiger partial charge in [0.25, 0.3) is 0 Å². The summed E-state index contributed by atoms with van der Waals surface area (Å²) in [6.07, 6.45) is 2.29. The Morgan fingerprint density at radius 2 is 1.95 bits per heavy atom. The van der Waals surface area contributed by atoms with Crippen LogP contribution < -0.4 is 5.43 Å². The van der Waals surface area contributed by atoms with Gasteiger partial charge in [0.05, 0.1) is 5.69 Å². The lowest BCUT2D eigenvalue weighted by Crippen LogP contribution is -2.18. The topological polar surface area (TPSA) is 59.3 Å². The Hall–Kier alpha value is -2.36. The van der Waals surface area contributed by atoms with Crippen LogP contribution in [-0.2, 0) is 6.54 Å². The molecule has 0 amide bonds. The van der Waals surface area contributed by atoms with Crippen molar-refractivity contribution in [1.82, 2.24) is 4.57 Å². The third-order valence-corrected chi connectivity index (χ3v) is 2.89. The van der Waals surface area contributed by atoms with Crippen molar-refractivity contribution in [3.63, 3.8) is 0 Å². The van der Waals surface area contributed by atoms with Gasteiger partial charge in [-0.3, -0.25) is 4.79 Å². The van der Waals surface area contributed by atoms with Crippen LogP contribution in [0.3, 0.4) is 0 Å². The Morgan fingerprint density at radius 1 is 1.26 bits per heavy atom. The molecule has 1 aromatic heterocycles. The molecular weight excluding hydrogens is 242 g/mol. The van der Waals surface area contributed by atoms with Gasteiger partial charge in [0.1, 0.15) is 5.56 Å². The molecule has 0 aliphatic heterocycles. The molecule has 0 radical (unpaired) electrons. The Morgan fingerprint density at radius 3 is 2.53 bits per heavy atom. The molecule has 19 heavy (non-hydrogen) atoms. The van der Waals surface area contributed by atoms with Gasteiger partial charge in [-0.25, -0.2) is 4.79 Å². The minimum Gasteiger partial charge on any atom is -0.477 e. The van der Waals surface area contributed by atoms with Gasteiger partial charge in [0.2, 0.25) is 0 Å². The summed E-state index contributed by atoms with van der Waals surface area (Å²) in [5, 5.41) is 9.01. The van der Waals surface area contributed by atoms with E-state index in [0.29, 0.717) is 6.54 Å². The molecule has 2 aromatic rings. The van der Waals surface area contributed by atoms with Crippen molar-refractivity contribution in [2.75, 3.05) is 0 Å². The Kier molecular flexibility index (Phi) is 3.80. The van der Waals surface area contributed by atoms with E-state index in [-0.39, 0.29) is 5.56 Å². The highest BCUT2D eigenvalue weighted by Crippen LogP contribution is 2.18. The van der Waals surface area contributed by atoms with Crippen LogP contribution >= 0.6 is 0 Å². The number of hydrogen-bond acceptors (Lipinski definition) is 2. The molecule has 0 bridgehead atoms. The lowest BCUT2D eigenvalue weighted by atomic mass is 10.1. The van der Waals surface area contributed by atoms with Gasteiger partial charge in [-0.1, -0.05) is 37.3 Å². The van der Waals surface area contributed by atoms with E-state index >= 15 is 0 Å². The van der Waals surface area contributed by atoms with E-state index in [1.165, 1.54) is 12.3 Å². The first-order chi connectivity index (χ1) is 9.13. The van der Waals surface area contributed by atoms with Gasteiger partial charge in [-0.2, -0.15) is 0 Å². The molecule has 0 unspecified atom stereocenters. The second kappa shape index (κ2) is 5.52. The number of carboxylic acids is 1. The average Bonchev–Trinajstić information content (AvgIpc) is 2.41. The summed E-state index contributed by atoms with van der Waals surface area (Å²) in [6, 6.07) is 10.9. The minimum absolute atomic E-state index is 0.187. The van der Waals surface area contributed by atoms with E-state index in [9.17, 15) is 9.59 Å². The molecule has 1 aromatic carbocycles. The molecule has 0 aliphatic rings. The molecule has 2 rings (SSSR count). The van der Waals surface area contributed by atoms with E-state index in [4.69, 9.17) is 5.11 Å². The molecule has 0 saturated heterocycles. The predicted molar refractivity (Wildman–Crippen MR) is 73.4 cm³/mol. The fraction of sp³-hybridized carbons (Fsp3) is 0.200. The van der Waals surface area contributed by atoms with Crippen LogP contribution in [0.4, 0.5) is 0 Å². The van der Waals surface area contributed by atoms with E-state index in [2.05, 4.69) is 0 Å². The van der Waals surface area contributed by atoms with E-state index < -0.39 is 11.4 Å². The van der Waals surface area contributed by atoms with Crippen LogP contribution in [-0.4, -0.2) is 15.6 Å². The number of aromatic nitrogens is 1. The number of carboxylic acid groups (broad SMARTS) is 1. The molecule has 0 fully saturated rings. The van der Waals surface area contributed by atoms with Gasteiger partial charge in [0.15, 0.2) is 5.43 Å². The third kappa shape index (κ3) is 2.73. The van der Waals surface area contributed by atoms with Crippen LogP contribution in [0.15, 0.2) is 47.4 Å². The number of rotatable bonds is 4. The smallest absolute Gasteiger partial charge is 0.341 e. The van der Waals surface area contributed by atoms with E-state index in [1.807, 2.05) is 41.8 Å². The number of aromatic carboxylic acids is 1. The number of nitrogens with zero attached hydrogens (tertiary/aromatic N) is 1. The summed E-state index contributed by atoms with van der Waals surface area (Å²) < 4.78 is 1.82. The molecule has 0 aliphatic carbocycles. The number of pyridine rings is 1. The highest BCUT2D eigenvalue weighted by Gasteiger charge is 2.12. The number of carbonyl (C=O) groups is 1. The second-order valence-electron chi connectivity index (χ2n) is 4.30. The molecule has 0 spiro atoms. The first-order valence-corrected chi connectivity index (χ1v) is 6.16. The van der Waals surface area contributed by atoms with Crippen molar-refractivity contribution >= 4 is 5.97 Å². The fourth-order valence-electron chi connectivity index (χ4n) is 2.02. The average molecular weight is 257 g/mol. The van der Waals surface area contributed by atoms with Gasteiger partial charge in [-0.05, 0) is 12.0 Å². The van der Waals surface area contributed by atoms with Gasteiger partial charge in [0, 0.05) is 18.8 Å². The van der Waals surface area contributed by atoms with Crippen molar-refractivity contribution in [3.8, 4) is 11.3 Å². The third-order valence-electron chi connectivity index (χ3n) is 2.89. The first-order valence-electron chi connectivity index (χ1n) is 6.16. The lowest BCUT2D eigenvalue weighted by molar-refractivity contribution is 0.0694. The number of hydrogen-bond donors (Lipinski definition) is 1. The van der Waals surface area contributed by atoms with Gasteiger partial charge in [-0.15, -0.1) is 0 Å². The lowest BCUT2D eigenvalue weighted by Gasteiger charge is -2.13. The van der Waals surface area contributed by atoms with Crippen molar-refractivity contribution in [1.29, 1.82) is 0 Å². The van der Waals surface area contributed by atoms with E-state index in [0.717, 1.165) is 17.7 Å². The highest BCUT2D eigenvalue weighted by atomic mass is 16.4. The summed E-state index contributed by atoms with van der Waals surface area (Å²) in [5.74, 6) is -1.19. The van der Waals surface area contributed by atoms with Crippen LogP contribution in [0.1, 0.15) is 23.7 Å². The molecule has 1 heterocycles. The first kappa shape index (κ1) is 13.1. The van der Waals surface area contributed by atoms with Crippen molar-refractivity contribution in [3.05, 3.63) is 58.4 Å². The molecule has 0 atom stereocenters. The summed E-state index contributed by atoms with van der Waals surface area (Å²) in [6.45, 7) is 2.68. The van der Waals surface area contributed by atoms with Crippen LogP contribution in [0, 0.1) is 0 Å². The molecule has 98 valence electrons. The summed E-state index contributed by atoms with van der Waals surface area (Å²) in [7, 11) is 0. The molecular formula is C15H15NO3. The molecule has 1 N–H and O–H groups in total. The van der Waals surface area contributed by atoms with E-state index in [1.54, 1.807) is 0 Å². The zero-order valence-electron chi connectivity index (χ0n) is 10.7. The Bertz CT molecular complexity index is 644. The van der Waals surface area contributed by atoms with Gasteiger partial charge >= 0.3 is 5.97 Å². The van der Waals surface area contributed by atoms with Crippen molar-refractivity contribution in [2.24, 2.45) is 0 Å². The zero-order chi connectivity index (χ0) is 13.8. The van der Waals surface area contributed by atoms with Gasteiger partial charge < -0.3 is 9.67 Å². The minimum atomic E-state index is -1.19. The monoisotopic (exact) mass is 257 g/mol. The largest absolute Gasteiger partial charge is 0.477 e. The molecule has 0 saturated carbocycles. The summed E-state index contributed by atoms with van der Waals surface area (Å²) in [4.78, 5) is 22.8. The quantitative estimate of drug-likeness (QED) is 0.915. The van der Waals surface area contributed by atoms with Crippen LogP contribution in [0.25, 0.3) is 11.3 Å². The van der Waals surface area contributed by atoms with Crippen molar-refractivity contribution in [2.45, 2.75) is 19.9 Å². The maximum atomic E-state index is 11.8. The second-order valence-corrected chi connectivity index (χ2v) is 4.30. The van der Waals surface area contributed by atoms with Crippen molar-refractivity contribution < 1.29 is 9.90 Å². The van der Waals surface area contributed by atoms with Crippen LogP contribution in [0.5, 0.6) is 0 Å². The summed E-state index contributed by atoms with van der Waals surface area (Å²) in [5.41, 5.74) is 1.01.